The van der Waals surface area contributed by atoms with Crippen LogP contribution in [0.5, 0.6) is 0 Å². The van der Waals surface area contributed by atoms with Gasteiger partial charge in [0.2, 0.25) is 5.91 Å². The zero-order chi connectivity index (χ0) is 13.6. The highest BCUT2D eigenvalue weighted by molar-refractivity contribution is 8.00. The van der Waals surface area contributed by atoms with Crippen LogP contribution in [0, 0.1) is 0 Å². The lowest BCUT2D eigenvalue weighted by Gasteiger charge is -2.39. The van der Waals surface area contributed by atoms with Crippen LogP contribution in [0.1, 0.15) is 46.0 Å². The zero-order valence-electron chi connectivity index (χ0n) is 11.4. The molecule has 1 aliphatic rings. The molecule has 4 N–H and O–H groups in total. The molecule has 0 aromatic carbocycles. The van der Waals surface area contributed by atoms with Crippen LogP contribution in [0.3, 0.4) is 0 Å². The second-order valence-corrected chi connectivity index (χ2v) is 6.90. The molecule has 0 aromatic heterocycles. The Hall–Kier alpha value is -0.260. The van der Waals surface area contributed by atoms with E-state index in [4.69, 9.17) is 10.8 Å². The molecule has 1 rings (SSSR count). The van der Waals surface area contributed by atoms with Gasteiger partial charge in [0.1, 0.15) is 0 Å². The maximum absolute atomic E-state index is 11.7. The van der Waals surface area contributed by atoms with E-state index in [9.17, 15) is 4.79 Å². The number of thioether (sulfide) groups is 1. The molecule has 0 radical (unpaired) electrons. The first kappa shape index (κ1) is 15.8. The summed E-state index contributed by atoms with van der Waals surface area (Å²) in [7, 11) is 0. The van der Waals surface area contributed by atoms with Gasteiger partial charge in [-0.15, -0.1) is 0 Å². The normalized spacial score (nSPS) is 30.1. The van der Waals surface area contributed by atoms with E-state index in [2.05, 4.69) is 12.2 Å². The molecule has 0 heterocycles. The summed E-state index contributed by atoms with van der Waals surface area (Å²) in [4.78, 5) is 11.7. The third kappa shape index (κ3) is 4.14. The molecule has 3 unspecified atom stereocenters. The van der Waals surface area contributed by atoms with E-state index < -0.39 is 5.54 Å². The minimum atomic E-state index is -0.510. The van der Waals surface area contributed by atoms with Gasteiger partial charge >= 0.3 is 0 Å². The van der Waals surface area contributed by atoms with Crippen LogP contribution in [0.4, 0.5) is 0 Å². The quantitative estimate of drug-likeness (QED) is 0.653. The molecule has 0 saturated heterocycles. The van der Waals surface area contributed by atoms with Crippen LogP contribution in [-0.2, 0) is 4.79 Å². The molecule has 0 aliphatic heterocycles. The Bertz CT molecular complexity index is 272. The van der Waals surface area contributed by atoms with Crippen LogP contribution in [-0.4, -0.2) is 40.2 Å². The van der Waals surface area contributed by atoms with Gasteiger partial charge in [-0.1, -0.05) is 13.8 Å². The van der Waals surface area contributed by atoms with Gasteiger partial charge < -0.3 is 16.2 Å². The highest BCUT2D eigenvalue weighted by Gasteiger charge is 2.41. The summed E-state index contributed by atoms with van der Waals surface area (Å²) >= 11 is 1.88. The molecule has 0 bridgehead atoms. The molecule has 106 valence electrons. The molecule has 0 aromatic rings. The monoisotopic (exact) mass is 274 g/mol. The van der Waals surface area contributed by atoms with Crippen molar-refractivity contribution in [2.45, 2.75) is 62.0 Å². The van der Waals surface area contributed by atoms with E-state index in [1.807, 2.05) is 18.7 Å². The number of carbonyl (C=O) groups is 1. The number of likely N-dealkylation sites (N-methyl/N-ethyl adjacent to an activating group) is 1. The largest absolute Gasteiger partial charge is 0.396 e. The summed E-state index contributed by atoms with van der Waals surface area (Å²) in [5.41, 5.74) is 5.08. The second-order valence-electron chi connectivity index (χ2n) is 5.15. The predicted octanol–water partition coefficient (Wildman–Crippen LogP) is 1.27. The predicted molar refractivity (Wildman–Crippen MR) is 76.6 cm³/mol. The Morgan fingerprint density at radius 1 is 1.67 bits per heavy atom. The summed E-state index contributed by atoms with van der Waals surface area (Å²) in [5.74, 6) is -0.218. The van der Waals surface area contributed by atoms with Gasteiger partial charge in [0, 0.05) is 17.1 Å². The van der Waals surface area contributed by atoms with E-state index in [1.165, 1.54) is 0 Å². The van der Waals surface area contributed by atoms with Crippen LogP contribution in [0.2, 0.25) is 0 Å². The van der Waals surface area contributed by atoms with Crippen molar-refractivity contribution in [2.75, 3.05) is 13.2 Å². The smallest absolute Gasteiger partial charge is 0.237 e. The number of amides is 1. The molecular formula is C13H26N2O2S. The molecule has 4 nitrogen and oxygen atoms in total. The molecule has 18 heavy (non-hydrogen) atoms. The fourth-order valence-corrected chi connectivity index (χ4v) is 4.31. The summed E-state index contributed by atoms with van der Waals surface area (Å²) in [5, 5.41) is 13.1. The third-order valence-electron chi connectivity index (χ3n) is 3.65. The van der Waals surface area contributed by atoms with Gasteiger partial charge in [-0.25, -0.2) is 0 Å². The van der Waals surface area contributed by atoms with Crippen molar-refractivity contribution in [2.24, 2.45) is 5.73 Å². The van der Waals surface area contributed by atoms with Crippen LogP contribution >= 0.6 is 11.8 Å². The molecule has 1 fully saturated rings. The Labute approximate surface area is 114 Å². The zero-order valence-corrected chi connectivity index (χ0v) is 12.3. The van der Waals surface area contributed by atoms with Gasteiger partial charge in [-0.3, -0.25) is 4.79 Å². The lowest BCUT2D eigenvalue weighted by atomic mass is 9.80. The summed E-state index contributed by atoms with van der Waals surface area (Å²) in [6, 6.07) is 0. The topological polar surface area (TPSA) is 75.3 Å². The van der Waals surface area contributed by atoms with Gasteiger partial charge in [-0.2, -0.15) is 11.8 Å². The van der Waals surface area contributed by atoms with Crippen LogP contribution in [0.15, 0.2) is 0 Å². The van der Waals surface area contributed by atoms with Gasteiger partial charge in [-0.05, 0) is 38.6 Å². The van der Waals surface area contributed by atoms with Crippen molar-refractivity contribution in [3.63, 3.8) is 0 Å². The number of carbonyl (C=O) groups excluding carboxylic acids is 1. The molecule has 0 spiro atoms. The first-order valence-electron chi connectivity index (χ1n) is 6.85. The van der Waals surface area contributed by atoms with Crippen molar-refractivity contribution < 1.29 is 9.90 Å². The lowest BCUT2D eigenvalue weighted by Crippen LogP contribution is -2.58. The Morgan fingerprint density at radius 3 is 2.94 bits per heavy atom. The number of nitrogens with one attached hydrogen (secondary N) is 1. The molecule has 3 atom stereocenters. The number of nitrogens with two attached hydrogens (primary N) is 1. The molecule has 1 saturated carbocycles. The number of aliphatic hydroxyl groups excluding tert-OH is 1. The Morgan fingerprint density at radius 2 is 2.39 bits per heavy atom. The Balaban J connectivity index is 2.60. The summed E-state index contributed by atoms with van der Waals surface area (Å²) < 4.78 is 0. The number of rotatable bonds is 7. The van der Waals surface area contributed by atoms with Crippen molar-refractivity contribution in [1.29, 1.82) is 0 Å². The highest BCUT2D eigenvalue weighted by atomic mass is 32.2. The van der Waals surface area contributed by atoms with Crippen molar-refractivity contribution in [3.8, 4) is 0 Å². The minimum Gasteiger partial charge on any atom is -0.396 e. The maximum atomic E-state index is 11.7. The molecule has 5 heteroatoms. The maximum Gasteiger partial charge on any atom is 0.237 e. The van der Waals surface area contributed by atoms with Gasteiger partial charge in [0.25, 0.3) is 0 Å². The summed E-state index contributed by atoms with van der Waals surface area (Å²) in [6.07, 6.45) is 4.66. The summed E-state index contributed by atoms with van der Waals surface area (Å²) in [6.45, 7) is 5.14. The average molecular weight is 274 g/mol. The number of hydrogen-bond acceptors (Lipinski definition) is 4. The SMILES string of the molecule is CCNC1(C(N)=O)CCCC(SC(C)CCO)C1. The van der Waals surface area contributed by atoms with Gasteiger partial charge in [0.05, 0.1) is 5.54 Å². The van der Waals surface area contributed by atoms with Crippen LogP contribution < -0.4 is 11.1 Å². The fourth-order valence-electron chi connectivity index (χ4n) is 2.73. The molecular weight excluding hydrogens is 248 g/mol. The molecule has 1 aliphatic carbocycles. The minimum absolute atomic E-state index is 0.218. The van der Waals surface area contributed by atoms with E-state index in [-0.39, 0.29) is 12.5 Å². The highest BCUT2D eigenvalue weighted by Crippen LogP contribution is 2.37. The number of hydrogen-bond donors (Lipinski definition) is 3. The van der Waals surface area contributed by atoms with Crippen LogP contribution in [0.25, 0.3) is 0 Å². The standard InChI is InChI=1S/C13H26N2O2S/c1-3-15-13(12(14)17)7-4-5-11(9-13)18-10(2)6-8-16/h10-11,15-16H,3-9H2,1-2H3,(H2,14,17). The van der Waals surface area contributed by atoms with Gasteiger partial charge in [0.15, 0.2) is 0 Å². The van der Waals surface area contributed by atoms with E-state index >= 15 is 0 Å². The fraction of sp³-hybridized carbons (Fsp3) is 0.923. The number of primary amides is 1. The Kier molecular flexibility index (Phi) is 6.46. The van der Waals surface area contributed by atoms with E-state index in [0.717, 1.165) is 38.6 Å². The van der Waals surface area contributed by atoms with E-state index in [0.29, 0.717) is 10.5 Å². The van der Waals surface area contributed by atoms with Crippen molar-refractivity contribution >= 4 is 17.7 Å². The average Bonchev–Trinajstić information content (AvgIpc) is 2.29. The van der Waals surface area contributed by atoms with E-state index in [1.54, 1.807) is 0 Å². The molecule has 1 amide bonds. The first-order valence-corrected chi connectivity index (χ1v) is 7.79. The number of aliphatic hydroxyl groups is 1. The second kappa shape index (κ2) is 7.36. The third-order valence-corrected chi connectivity index (χ3v) is 5.14. The first-order chi connectivity index (χ1) is 8.54. The van der Waals surface area contributed by atoms with Crippen molar-refractivity contribution in [1.82, 2.24) is 5.32 Å². The lowest BCUT2D eigenvalue weighted by molar-refractivity contribution is -0.125. The van der Waals surface area contributed by atoms with Crippen molar-refractivity contribution in [3.05, 3.63) is 0 Å².